The average molecular weight is 384 g/mol. The molecule has 1 aromatic carbocycles. The Bertz CT molecular complexity index is 848. The van der Waals surface area contributed by atoms with Gasteiger partial charge in [-0.05, 0) is 44.9 Å². The van der Waals surface area contributed by atoms with Crippen molar-refractivity contribution in [2.24, 2.45) is 0 Å². The Morgan fingerprint density at radius 3 is 2.82 bits per heavy atom. The van der Waals surface area contributed by atoms with Crippen LogP contribution in [0.1, 0.15) is 30.7 Å². The van der Waals surface area contributed by atoms with Crippen LogP contribution in [0.15, 0.2) is 24.3 Å². The fourth-order valence-electron chi connectivity index (χ4n) is 3.95. The van der Waals surface area contributed by atoms with Gasteiger partial charge in [-0.2, -0.15) is 5.10 Å². The number of nitrogens with zero attached hydrogens (tertiary/aromatic N) is 3. The van der Waals surface area contributed by atoms with Crippen LogP contribution in [0.3, 0.4) is 0 Å². The third kappa shape index (κ3) is 4.24. The van der Waals surface area contributed by atoms with Crippen molar-refractivity contribution in [2.75, 3.05) is 31.6 Å². The van der Waals surface area contributed by atoms with Gasteiger partial charge in [-0.1, -0.05) is 0 Å². The van der Waals surface area contributed by atoms with Crippen LogP contribution in [0.2, 0.25) is 0 Å². The van der Waals surface area contributed by atoms with E-state index >= 15 is 0 Å². The summed E-state index contributed by atoms with van der Waals surface area (Å²) in [5.74, 6) is 1.77. The lowest BCUT2D eigenvalue weighted by Crippen LogP contribution is -2.45. The second kappa shape index (κ2) is 8.12. The molecule has 0 aliphatic carbocycles. The lowest BCUT2D eigenvalue weighted by atomic mass is 10.0. The Hall–Kier alpha value is -2.70. The number of rotatable bonds is 5. The highest BCUT2D eigenvalue weighted by Gasteiger charge is 2.24. The predicted octanol–water partition coefficient (Wildman–Crippen LogP) is 2.76. The molecule has 150 valence electrons. The average Bonchev–Trinajstić information content (AvgIpc) is 3.03. The van der Waals surface area contributed by atoms with Crippen molar-refractivity contribution in [3.63, 3.8) is 0 Å². The second-order valence-electron chi connectivity index (χ2n) is 7.58. The summed E-state index contributed by atoms with van der Waals surface area (Å²) < 4.78 is 13.2. The maximum atomic E-state index is 12.7. The van der Waals surface area contributed by atoms with E-state index in [2.05, 4.69) is 10.4 Å². The minimum Gasteiger partial charge on any atom is -0.486 e. The number of hydrogen-bond donors (Lipinski definition) is 1. The topological polar surface area (TPSA) is 68.6 Å². The lowest BCUT2D eigenvalue weighted by molar-refractivity contribution is -0.132. The standard InChI is InChI=1S/C21H28N4O3/c1-15-12-16(2)25(23-15)9-7-21(26)24-8-3-4-18(14-24)22-17-5-6-19-20(13-17)28-11-10-27-19/h5-6,12-13,18,22H,3-4,7-11,14H2,1-2H3/t18-/m1/s1. The molecule has 3 heterocycles. The van der Waals surface area contributed by atoms with Gasteiger partial charge in [0.25, 0.3) is 0 Å². The highest BCUT2D eigenvalue weighted by molar-refractivity contribution is 5.76. The molecule has 4 rings (SSSR count). The number of nitrogens with one attached hydrogen (secondary N) is 1. The van der Waals surface area contributed by atoms with Crippen molar-refractivity contribution >= 4 is 11.6 Å². The Balaban J connectivity index is 1.32. The van der Waals surface area contributed by atoms with Gasteiger partial charge in [0.05, 0.1) is 5.69 Å². The van der Waals surface area contributed by atoms with Crippen LogP contribution in [0.25, 0.3) is 0 Å². The van der Waals surface area contributed by atoms with Crippen LogP contribution < -0.4 is 14.8 Å². The number of aryl methyl sites for hydroxylation is 3. The van der Waals surface area contributed by atoms with Gasteiger partial charge in [-0.3, -0.25) is 9.48 Å². The fraction of sp³-hybridized carbons (Fsp3) is 0.524. The molecule has 1 aromatic heterocycles. The van der Waals surface area contributed by atoms with E-state index in [1.54, 1.807) is 0 Å². The third-order valence-electron chi connectivity index (χ3n) is 5.33. The highest BCUT2D eigenvalue weighted by Crippen LogP contribution is 2.33. The molecule has 0 unspecified atom stereocenters. The number of likely N-dealkylation sites (tertiary alicyclic amines) is 1. The monoisotopic (exact) mass is 384 g/mol. The number of fused-ring (bicyclic) bond motifs is 1. The van der Waals surface area contributed by atoms with Crippen LogP contribution in [0, 0.1) is 13.8 Å². The first-order valence-corrected chi connectivity index (χ1v) is 10.0. The van der Waals surface area contributed by atoms with Gasteiger partial charge in [-0.25, -0.2) is 0 Å². The number of hydrogen-bond acceptors (Lipinski definition) is 5. The molecule has 0 bridgehead atoms. The zero-order valence-electron chi connectivity index (χ0n) is 16.6. The van der Waals surface area contributed by atoms with Crippen LogP contribution in [-0.4, -0.2) is 52.9 Å². The van der Waals surface area contributed by atoms with Crippen LogP contribution in [-0.2, 0) is 11.3 Å². The predicted molar refractivity (Wildman–Crippen MR) is 107 cm³/mol. The number of piperidine rings is 1. The number of amides is 1. The number of carbonyl (C=O) groups excluding carboxylic acids is 1. The molecule has 2 aliphatic rings. The van der Waals surface area contributed by atoms with Gasteiger partial charge in [0.15, 0.2) is 11.5 Å². The quantitative estimate of drug-likeness (QED) is 0.859. The van der Waals surface area contributed by atoms with E-state index in [9.17, 15) is 4.79 Å². The van der Waals surface area contributed by atoms with E-state index in [4.69, 9.17) is 9.47 Å². The number of benzene rings is 1. The van der Waals surface area contributed by atoms with E-state index in [1.807, 2.05) is 47.7 Å². The van der Waals surface area contributed by atoms with Gasteiger partial charge in [0, 0.05) is 49.5 Å². The third-order valence-corrected chi connectivity index (χ3v) is 5.33. The largest absolute Gasteiger partial charge is 0.486 e. The van der Waals surface area contributed by atoms with E-state index in [1.165, 1.54) is 0 Å². The first kappa shape index (κ1) is 18.7. The minimum absolute atomic E-state index is 0.196. The molecule has 28 heavy (non-hydrogen) atoms. The summed E-state index contributed by atoms with van der Waals surface area (Å²) in [5, 5.41) is 8.00. The number of aromatic nitrogens is 2. The van der Waals surface area contributed by atoms with Crippen molar-refractivity contribution in [1.29, 1.82) is 0 Å². The summed E-state index contributed by atoms with van der Waals surface area (Å²) in [4.78, 5) is 14.7. The van der Waals surface area contributed by atoms with Crippen LogP contribution in [0.5, 0.6) is 11.5 Å². The van der Waals surface area contributed by atoms with Gasteiger partial charge in [-0.15, -0.1) is 0 Å². The summed E-state index contributed by atoms with van der Waals surface area (Å²) in [6, 6.07) is 8.22. The molecule has 7 nitrogen and oxygen atoms in total. The molecule has 1 fully saturated rings. The van der Waals surface area contributed by atoms with Gasteiger partial charge in [0.2, 0.25) is 5.91 Å². The molecule has 0 saturated carbocycles. The first-order chi connectivity index (χ1) is 13.6. The molecule has 1 N–H and O–H groups in total. The molecular formula is C21H28N4O3. The number of anilines is 1. The maximum Gasteiger partial charge on any atom is 0.224 e. The molecule has 2 aliphatic heterocycles. The van der Waals surface area contributed by atoms with Crippen LogP contribution in [0.4, 0.5) is 5.69 Å². The SMILES string of the molecule is Cc1cc(C)n(CCC(=O)N2CCC[C@@H](Nc3ccc4c(c3)OCCO4)C2)n1. The van der Waals surface area contributed by atoms with Crippen molar-refractivity contribution in [1.82, 2.24) is 14.7 Å². The number of carbonyl (C=O) groups is 1. The fourth-order valence-corrected chi connectivity index (χ4v) is 3.95. The van der Waals surface area contributed by atoms with Crippen molar-refractivity contribution in [3.05, 3.63) is 35.7 Å². The van der Waals surface area contributed by atoms with Crippen molar-refractivity contribution in [2.45, 2.75) is 45.7 Å². The molecule has 0 radical (unpaired) electrons. The molecule has 7 heteroatoms. The molecule has 1 amide bonds. The first-order valence-electron chi connectivity index (χ1n) is 10.0. The molecular weight excluding hydrogens is 356 g/mol. The van der Waals surface area contributed by atoms with E-state index < -0.39 is 0 Å². The van der Waals surface area contributed by atoms with Crippen molar-refractivity contribution in [3.8, 4) is 11.5 Å². The Morgan fingerprint density at radius 1 is 1.21 bits per heavy atom. The highest BCUT2D eigenvalue weighted by atomic mass is 16.6. The molecule has 1 atom stereocenters. The second-order valence-corrected chi connectivity index (χ2v) is 7.58. The minimum atomic E-state index is 0.196. The molecule has 2 aromatic rings. The zero-order valence-corrected chi connectivity index (χ0v) is 16.6. The summed E-state index contributed by atoms with van der Waals surface area (Å²) >= 11 is 0. The summed E-state index contributed by atoms with van der Waals surface area (Å²) in [6.45, 7) is 7.37. The van der Waals surface area contributed by atoms with Crippen molar-refractivity contribution < 1.29 is 14.3 Å². The van der Waals surface area contributed by atoms with Gasteiger partial charge < -0.3 is 19.7 Å². The van der Waals surface area contributed by atoms with Gasteiger partial charge >= 0.3 is 0 Å². The van der Waals surface area contributed by atoms with Crippen LogP contribution >= 0.6 is 0 Å². The zero-order chi connectivity index (χ0) is 19.5. The lowest BCUT2D eigenvalue weighted by Gasteiger charge is -2.34. The molecule has 0 spiro atoms. The number of ether oxygens (including phenoxy) is 2. The molecule has 1 saturated heterocycles. The van der Waals surface area contributed by atoms with E-state index in [0.717, 1.165) is 54.5 Å². The van der Waals surface area contributed by atoms with E-state index in [0.29, 0.717) is 26.2 Å². The summed E-state index contributed by atoms with van der Waals surface area (Å²) in [5.41, 5.74) is 3.10. The summed E-state index contributed by atoms with van der Waals surface area (Å²) in [7, 11) is 0. The Morgan fingerprint density at radius 2 is 2.04 bits per heavy atom. The van der Waals surface area contributed by atoms with Gasteiger partial charge in [0.1, 0.15) is 13.2 Å². The van der Waals surface area contributed by atoms with E-state index in [-0.39, 0.29) is 11.9 Å². The maximum absolute atomic E-state index is 12.7. The Kier molecular flexibility index (Phi) is 5.41. The Labute approximate surface area is 165 Å². The smallest absolute Gasteiger partial charge is 0.224 e. The normalized spacial score (nSPS) is 18.8. The summed E-state index contributed by atoms with van der Waals surface area (Å²) in [6.07, 6.45) is 2.54.